The molecule has 1 aliphatic carbocycles. The highest BCUT2D eigenvalue weighted by Gasteiger charge is 2.19. The molecule has 0 aromatic heterocycles. The van der Waals surface area contributed by atoms with Gasteiger partial charge in [0.1, 0.15) is 0 Å². The first-order chi connectivity index (χ1) is 9.33. The number of aryl methyl sites for hydroxylation is 1. The van der Waals surface area contributed by atoms with Crippen LogP contribution in [0.5, 0.6) is 0 Å². The van der Waals surface area contributed by atoms with E-state index in [0.29, 0.717) is 6.04 Å². The van der Waals surface area contributed by atoms with Gasteiger partial charge in [0.25, 0.3) is 0 Å². The summed E-state index contributed by atoms with van der Waals surface area (Å²) in [4.78, 5) is 0. The average molecular weight is 259 g/mol. The van der Waals surface area contributed by atoms with E-state index >= 15 is 0 Å². The second kappa shape index (κ2) is 7.69. The van der Waals surface area contributed by atoms with Crippen LogP contribution in [0, 0.1) is 0 Å². The Morgan fingerprint density at radius 2 is 2.11 bits per heavy atom. The Balaban J connectivity index is 1.84. The van der Waals surface area contributed by atoms with E-state index in [-0.39, 0.29) is 0 Å². The van der Waals surface area contributed by atoms with Crippen LogP contribution >= 0.6 is 0 Å². The molecule has 0 heterocycles. The molecule has 0 aliphatic heterocycles. The van der Waals surface area contributed by atoms with Crippen LogP contribution in [0.2, 0.25) is 0 Å². The molecule has 0 saturated heterocycles. The molecule has 1 nitrogen and oxygen atoms in total. The third kappa shape index (κ3) is 4.35. The Bertz CT molecular complexity index is 368. The summed E-state index contributed by atoms with van der Waals surface area (Å²) in [5, 5.41) is 3.65. The Hall–Kier alpha value is -0.820. The van der Waals surface area contributed by atoms with Crippen LogP contribution in [-0.2, 0) is 6.42 Å². The third-order valence-corrected chi connectivity index (χ3v) is 4.48. The summed E-state index contributed by atoms with van der Waals surface area (Å²) in [6.07, 6.45) is 9.18. The van der Waals surface area contributed by atoms with Crippen molar-refractivity contribution in [2.45, 2.75) is 70.8 Å². The topological polar surface area (TPSA) is 12.0 Å². The van der Waals surface area contributed by atoms with Gasteiger partial charge in [-0.25, -0.2) is 0 Å². The van der Waals surface area contributed by atoms with Crippen molar-refractivity contribution in [1.82, 2.24) is 5.32 Å². The second-order valence-electron chi connectivity index (χ2n) is 5.97. The number of benzene rings is 1. The van der Waals surface area contributed by atoms with Crippen LogP contribution in [0.4, 0.5) is 0 Å². The molecular formula is C18H29N. The van der Waals surface area contributed by atoms with Gasteiger partial charge in [-0.05, 0) is 62.1 Å². The lowest BCUT2D eigenvalue weighted by Crippen LogP contribution is -2.29. The van der Waals surface area contributed by atoms with Gasteiger partial charge in [0.2, 0.25) is 0 Å². The maximum Gasteiger partial charge on any atom is 0.00676 e. The summed E-state index contributed by atoms with van der Waals surface area (Å²) >= 11 is 0. The summed E-state index contributed by atoms with van der Waals surface area (Å²) in [5.41, 5.74) is 3.11. The predicted octanol–water partition coefficient (Wildman–Crippen LogP) is 4.66. The number of nitrogens with one attached hydrogen (secondary N) is 1. The Kier molecular flexibility index (Phi) is 5.91. The Morgan fingerprint density at radius 1 is 1.26 bits per heavy atom. The summed E-state index contributed by atoms with van der Waals surface area (Å²) in [6.45, 7) is 5.68. The fourth-order valence-corrected chi connectivity index (χ4v) is 2.88. The highest BCUT2D eigenvalue weighted by molar-refractivity contribution is 5.27. The molecule has 19 heavy (non-hydrogen) atoms. The second-order valence-corrected chi connectivity index (χ2v) is 5.97. The first kappa shape index (κ1) is 14.6. The van der Waals surface area contributed by atoms with Gasteiger partial charge < -0.3 is 5.32 Å². The van der Waals surface area contributed by atoms with E-state index in [1.807, 2.05) is 0 Å². The monoisotopic (exact) mass is 259 g/mol. The minimum atomic E-state index is 0.687. The molecule has 1 unspecified atom stereocenters. The lowest BCUT2D eigenvalue weighted by atomic mass is 9.79. The largest absolute Gasteiger partial charge is 0.314 e. The molecule has 1 atom stereocenters. The quantitative estimate of drug-likeness (QED) is 0.715. The van der Waals surface area contributed by atoms with E-state index in [4.69, 9.17) is 0 Å². The molecule has 1 N–H and O–H groups in total. The standard InChI is InChI=1S/C18H29N/c1-3-13-19-18(4-2)12-11-15-7-5-10-17(14-15)16-8-6-9-16/h5,7,10,14,16,18-19H,3-4,6,8-9,11-13H2,1-2H3. The van der Waals surface area contributed by atoms with Gasteiger partial charge in [-0.2, -0.15) is 0 Å². The molecule has 1 aromatic carbocycles. The van der Waals surface area contributed by atoms with Crippen molar-refractivity contribution in [3.05, 3.63) is 35.4 Å². The molecule has 106 valence electrons. The molecule has 0 spiro atoms. The normalized spacial score (nSPS) is 17.2. The van der Waals surface area contributed by atoms with Crippen molar-refractivity contribution in [3.63, 3.8) is 0 Å². The van der Waals surface area contributed by atoms with Crippen molar-refractivity contribution in [1.29, 1.82) is 0 Å². The van der Waals surface area contributed by atoms with Crippen LogP contribution in [-0.4, -0.2) is 12.6 Å². The molecule has 1 aromatic rings. The van der Waals surface area contributed by atoms with E-state index in [9.17, 15) is 0 Å². The Labute approximate surface area is 118 Å². The summed E-state index contributed by atoms with van der Waals surface area (Å²) in [7, 11) is 0. The van der Waals surface area contributed by atoms with Gasteiger partial charge in [0, 0.05) is 6.04 Å². The molecule has 1 heteroatoms. The van der Waals surface area contributed by atoms with Crippen LogP contribution in [0.15, 0.2) is 24.3 Å². The predicted molar refractivity (Wildman–Crippen MR) is 83.7 cm³/mol. The first-order valence-corrected chi connectivity index (χ1v) is 8.15. The lowest BCUT2D eigenvalue weighted by Gasteiger charge is -2.26. The minimum Gasteiger partial charge on any atom is -0.314 e. The number of hydrogen-bond acceptors (Lipinski definition) is 1. The zero-order valence-electron chi connectivity index (χ0n) is 12.6. The van der Waals surface area contributed by atoms with E-state index in [0.717, 1.165) is 12.5 Å². The van der Waals surface area contributed by atoms with Crippen LogP contribution < -0.4 is 5.32 Å². The van der Waals surface area contributed by atoms with Gasteiger partial charge in [-0.3, -0.25) is 0 Å². The van der Waals surface area contributed by atoms with Crippen molar-refractivity contribution in [2.75, 3.05) is 6.54 Å². The fraction of sp³-hybridized carbons (Fsp3) is 0.667. The van der Waals surface area contributed by atoms with E-state index in [1.165, 1.54) is 50.5 Å². The maximum absolute atomic E-state index is 3.65. The zero-order valence-corrected chi connectivity index (χ0v) is 12.6. The minimum absolute atomic E-state index is 0.687. The van der Waals surface area contributed by atoms with E-state index in [1.54, 1.807) is 5.56 Å². The maximum atomic E-state index is 3.65. The fourth-order valence-electron chi connectivity index (χ4n) is 2.88. The van der Waals surface area contributed by atoms with Crippen LogP contribution in [0.1, 0.15) is 69.4 Å². The van der Waals surface area contributed by atoms with Crippen molar-refractivity contribution in [2.24, 2.45) is 0 Å². The molecule has 2 rings (SSSR count). The van der Waals surface area contributed by atoms with E-state index < -0.39 is 0 Å². The smallest absolute Gasteiger partial charge is 0.00676 e. The number of rotatable bonds is 8. The number of hydrogen-bond donors (Lipinski definition) is 1. The molecular weight excluding hydrogens is 230 g/mol. The van der Waals surface area contributed by atoms with Crippen LogP contribution in [0.3, 0.4) is 0 Å². The highest BCUT2D eigenvalue weighted by atomic mass is 14.9. The molecule has 1 saturated carbocycles. The summed E-state index contributed by atoms with van der Waals surface area (Å²) < 4.78 is 0. The molecule has 0 bridgehead atoms. The third-order valence-electron chi connectivity index (χ3n) is 4.48. The van der Waals surface area contributed by atoms with Crippen LogP contribution in [0.25, 0.3) is 0 Å². The van der Waals surface area contributed by atoms with Gasteiger partial charge in [-0.1, -0.05) is 44.5 Å². The van der Waals surface area contributed by atoms with Crippen molar-refractivity contribution < 1.29 is 0 Å². The zero-order chi connectivity index (χ0) is 13.5. The average Bonchev–Trinajstić information content (AvgIpc) is 2.37. The SMILES string of the molecule is CCCNC(CC)CCc1cccc(C2CCC2)c1. The molecule has 0 amide bonds. The summed E-state index contributed by atoms with van der Waals surface area (Å²) in [5.74, 6) is 0.861. The lowest BCUT2D eigenvalue weighted by molar-refractivity contribution is 0.419. The van der Waals surface area contributed by atoms with Gasteiger partial charge in [-0.15, -0.1) is 0 Å². The van der Waals surface area contributed by atoms with Gasteiger partial charge in [0.15, 0.2) is 0 Å². The Morgan fingerprint density at radius 3 is 2.74 bits per heavy atom. The van der Waals surface area contributed by atoms with Gasteiger partial charge >= 0.3 is 0 Å². The molecule has 1 aliphatic rings. The van der Waals surface area contributed by atoms with Crippen molar-refractivity contribution >= 4 is 0 Å². The van der Waals surface area contributed by atoms with E-state index in [2.05, 4.69) is 43.4 Å². The summed E-state index contributed by atoms with van der Waals surface area (Å²) in [6, 6.07) is 10.0. The molecule has 0 radical (unpaired) electrons. The van der Waals surface area contributed by atoms with Gasteiger partial charge in [0.05, 0.1) is 0 Å². The van der Waals surface area contributed by atoms with Crippen molar-refractivity contribution in [3.8, 4) is 0 Å². The first-order valence-electron chi connectivity index (χ1n) is 8.15. The molecule has 1 fully saturated rings. The highest BCUT2D eigenvalue weighted by Crippen LogP contribution is 2.36.